The molecule has 5 heteroatoms. The van der Waals surface area contributed by atoms with Crippen molar-refractivity contribution in [2.75, 3.05) is 24.7 Å². The van der Waals surface area contributed by atoms with Gasteiger partial charge in [-0.1, -0.05) is 0 Å². The summed E-state index contributed by atoms with van der Waals surface area (Å²) in [6.45, 7) is 0.0800. The Morgan fingerprint density at radius 1 is 1.50 bits per heavy atom. The van der Waals surface area contributed by atoms with Crippen LogP contribution >= 0.6 is 0 Å². The zero-order valence-electron chi connectivity index (χ0n) is 10.5. The predicted octanol–water partition coefficient (Wildman–Crippen LogP) is 0.955. The maximum absolute atomic E-state index is 11.6. The van der Waals surface area contributed by atoms with E-state index >= 15 is 0 Å². The van der Waals surface area contributed by atoms with Crippen LogP contribution in [-0.2, 0) is 0 Å². The molecule has 98 valence electrons. The van der Waals surface area contributed by atoms with Gasteiger partial charge in [-0.2, -0.15) is 0 Å². The number of carbonyl (C=O) groups excluding carboxylic acids is 1. The van der Waals surface area contributed by atoms with E-state index in [1.165, 1.54) is 0 Å². The lowest BCUT2D eigenvalue weighted by Gasteiger charge is -2.42. The fourth-order valence-corrected chi connectivity index (χ4v) is 2.16. The van der Waals surface area contributed by atoms with Gasteiger partial charge in [-0.15, -0.1) is 0 Å². The van der Waals surface area contributed by atoms with E-state index in [2.05, 4.69) is 10.6 Å². The summed E-state index contributed by atoms with van der Waals surface area (Å²) in [6, 6.07) is 5.12. The molecule has 0 saturated heterocycles. The number of aliphatic hydroxyl groups is 1. The largest absolute Gasteiger partial charge is 0.397 e. The summed E-state index contributed by atoms with van der Waals surface area (Å²) < 4.78 is 0. The quantitative estimate of drug-likeness (QED) is 0.598. The number of aliphatic hydroxyl groups excluding tert-OH is 1. The van der Waals surface area contributed by atoms with Crippen LogP contribution < -0.4 is 16.4 Å². The molecule has 5 nitrogen and oxygen atoms in total. The van der Waals surface area contributed by atoms with Gasteiger partial charge in [-0.3, -0.25) is 4.79 Å². The third-order valence-electron chi connectivity index (χ3n) is 3.56. The normalized spacial score (nSPS) is 16.8. The summed E-state index contributed by atoms with van der Waals surface area (Å²) >= 11 is 0. The molecule has 18 heavy (non-hydrogen) atoms. The van der Waals surface area contributed by atoms with Gasteiger partial charge in [-0.25, -0.2) is 0 Å². The van der Waals surface area contributed by atoms with Crippen LogP contribution in [0, 0.1) is 0 Å². The molecule has 0 bridgehead atoms. The van der Waals surface area contributed by atoms with Crippen molar-refractivity contribution < 1.29 is 9.90 Å². The number of nitrogens with two attached hydrogens (primary N) is 1. The third kappa shape index (κ3) is 2.26. The van der Waals surface area contributed by atoms with Gasteiger partial charge in [0.25, 0.3) is 5.91 Å². The summed E-state index contributed by atoms with van der Waals surface area (Å²) in [5, 5.41) is 15.3. The van der Waals surface area contributed by atoms with Crippen molar-refractivity contribution in [3.8, 4) is 0 Å². The lowest BCUT2D eigenvalue weighted by atomic mass is 9.77. The molecule has 1 aliphatic carbocycles. The van der Waals surface area contributed by atoms with E-state index in [4.69, 9.17) is 5.73 Å². The number of rotatable bonds is 4. The second-order valence-corrected chi connectivity index (χ2v) is 4.80. The van der Waals surface area contributed by atoms with E-state index in [1.807, 2.05) is 0 Å². The molecule has 0 unspecified atom stereocenters. The van der Waals surface area contributed by atoms with Gasteiger partial charge in [0.1, 0.15) is 0 Å². The molecular weight excluding hydrogens is 230 g/mol. The fourth-order valence-electron chi connectivity index (χ4n) is 2.16. The number of nitrogen functional groups attached to an aromatic ring is 1. The van der Waals surface area contributed by atoms with Gasteiger partial charge in [0.05, 0.1) is 23.5 Å². The average Bonchev–Trinajstić information content (AvgIpc) is 2.35. The van der Waals surface area contributed by atoms with Crippen LogP contribution in [0.1, 0.15) is 29.6 Å². The minimum atomic E-state index is -0.268. The zero-order chi connectivity index (χ0) is 13.2. The van der Waals surface area contributed by atoms with Crippen LogP contribution in [-0.4, -0.2) is 30.2 Å². The summed E-state index contributed by atoms with van der Waals surface area (Å²) in [5.41, 5.74) is 7.48. The van der Waals surface area contributed by atoms with Gasteiger partial charge in [-0.05, 0) is 37.5 Å². The van der Waals surface area contributed by atoms with E-state index in [0.717, 1.165) is 19.3 Å². The maximum atomic E-state index is 11.6. The number of nitrogens with one attached hydrogen (secondary N) is 2. The van der Waals surface area contributed by atoms with E-state index in [0.29, 0.717) is 16.9 Å². The molecule has 0 radical (unpaired) electrons. The van der Waals surface area contributed by atoms with Gasteiger partial charge in [0.2, 0.25) is 0 Å². The fraction of sp³-hybridized carbons (Fsp3) is 0.462. The Morgan fingerprint density at radius 3 is 2.72 bits per heavy atom. The molecule has 0 aliphatic heterocycles. The number of hydrogen-bond acceptors (Lipinski definition) is 4. The summed E-state index contributed by atoms with van der Waals surface area (Å²) in [5.74, 6) is -0.148. The van der Waals surface area contributed by atoms with Crippen LogP contribution in [0.4, 0.5) is 11.4 Å². The molecule has 1 fully saturated rings. The highest BCUT2D eigenvalue weighted by Crippen LogP contribution is 2.36. The zero-order valence-corrected chi connectivity index (χ0v) is 10.5. The van der Waals surface area contributed by atoms with E-state index in [9.17, 15) is 9.90 Å². The number of carbonyl (C=O) groups is 1. The molecule has 1 amide bonds. The Bertz CT molecular complexity index is 450. The highest BCUT2D eigenvalue weighted by Gasteiger charge is 2.36. The highest BCUT2D eigenvalue weighted by atomic mass is 16.3. The number of benzene rings is 1. The smallest absolute Gasteiger partial charge is 0.251 e. The maximum Gasteiger partial charge on any atom is 0.251 e. The molecule has 5 N–H and O–H groups in total. The molecule has 0 atom stereocenters. The van der Waals surface area contributed by atoms with Crippen LogP contribution in [0.25, 0.3) is 0 Å². The lowest BCUT2D eigenvalue weighted by Crippen LogP contribution is -2.48. The van der Waals surface area contributed by atoms with E-state index in [1.54, 1.807) is 25.2 Å². The van der Waals surface area contributed by atoms with Crippen LogP contribution in [0.5, 0.6) is 0 Å². The first kappa shape index (κ1) is 12.7. The standard InChI is InChI=1S/C13H19N3O2/c1-15-12(18)9-3-4-10(14)11(7-9)16-13(8-17)5-2-6-13/h3-4,7,16-17H,2,5-6,8,14H2,1H3,(H,15,18). The molecule has 1 aromatic carbocycles. The predicted molar refractivity (Wildman–Crippen MR) is 71.5 cm³/mol. The van der Waals surface area contributed by atoms with Crippen molar-refractivity contribution in [2.45, 2.75) is 24.8 Å². The second-order valence-electron chi connectivity index (χ2n) is 4.80. The highest BCUT2D eigenvalue weighted by molar-refractivity contribution is 5.96. The SMILES string of the molecule is CNC(=O)c1ccc(N)c(NC2(CO)CCC2)c1. The molecule has 2 rings (SSSR count). The molecule has 1 aromatic rings. The molecule has 1 saturated carbocycles. The van der Waals surface area contributed by atoms with Gasteiger partial charge < -0.3 is 21.5 Å². The van der Waals surface area contributed by atoms with Crippen molar-refractivity contribution in [3.63, 3.8) is 0 Å². The minimum absolute atomic E-state index is 0.0800. The lowest BCUT2D eigenvalue weighted by molar-refractivity contribution is 0.0963. The third-order valence-corrected chi connectivity index (χ3v) is 3.56. The van der Waals surface area contributed by atoms with Crippen molar-refractivity contribution in [2.24, 2.45) is 0 Å². The summed E-state index contributed by atoms with van der Waals surface area (Å²) in [4.78, 5) is 11.6. The van der Waals surface area contributed by atoms with Crippen molar-refractivity contribution >= 4 is 17.3 Å². The van der Waals surface area contributed by atoms with Gasteiger partial charge in [0, 0.05) is 12.6 Å². The van der Waals surface area contributed by atoms with E-state index in [-0.39, 0.29) is 18.1 Å². The Hall–Kier alpha value is -1.75. The van der Waals surface area contributed by atoms with Gasteiger partial charge >= 0.3 is 0 Å². The monoisotopic (exact) mass is 249 g/mol. The van der Waals surface area contributed by atoms with Crippen LogP contribution in [0.15, 0.2) is 18.2 Å². The van der Waals surface area contributed by atoms with Crippen molar-refractivity contribution in [1.29, 1.82) is 0 Å². The summed E-state index contributed by atoms with van der Waals surface area (Å²) in [7, 11) is 1.59. The Kier molecular flexibility index (Phi) is 3.43. The number of anilines is 2. The first-order valence-electron chi connectivity index (χ1n) is 6.11. The molecule has 0 heterocycles. The van der Waals surface area contributed by atoms with Crippen LogP contribution in [0.2, 0.25) is 0 Å². The Morgan fingerprint density at radius 2 is 2.22 bits per heavy atom. The van der Waals surface area contributed by atoms with Crippen molar-refractivity contribution in [1.82, 2.24) is 5.32 Å². The molecule has 0 spiro atoms. The van der Waals surface area contributed by atoms with Crippen molar-refractivity contribution in [3.05, 3.63) is 23.8 Å². The average molecular weight is 249 g/mol. The summed E-state index contributed by atoms with van der Waals surface area (Å²) in [6.07, 6.45) is 2.95. The topological polar surface area (TPSA) is 87.4 Å². The second kappa shape index (κ2) is 4.86. The number of hydrogen-bond donors (Lipinski definition) is 4. The Balaban J connectivity index is 2.23. The van der Waals surface area contributed by atoms with E-state index < -0.39 is 0 Å². The molecular formula is C13H19N3O2. The van der Waals surface area contributed by atoms with Crippen LogP contribution in [0.3, 0.4) is 0 Å². The molecule has 1 aliphatic rings. The Labute approximate surface area is 106 Å². The first-order valence-corrected chi connectivity index (χ1v) is 6.11. The minimum Gasteiger partial charge on any atom is -0.397 e. The number of amides is 1. The first-order chi connectivity index (χ1) is 8.60. The van der Waals surface area contributed by atoms with Gasteiger partial charge in [0.15, 0.2) is 0 Å². The molecule has 0 aromatic heterocycles.